The van der Waals surface area contributed by atoms with Gasteiger partial charge < -0.3 is 4.90 Å². The van der Waals surface area contributed by atoms with E-state index in [-0.39, 0.29) is 5.41 Å². The predicted octanol–water partition coefficient (Wildman–Crippen LogP) is 5.66. The fourth-order valence-electron chi connectivity index (χ4n) is 1.93. The Balaban J connectivity index is 3.50. The van der Waals surface area contributed by atoms with E-state index >= 15 is 0 Å². The Labute approximate surface area is 122 Å². The largest absolute Gasteiger partial charge is 0.302 e. The molecule has 0 spiro atoms. The minimum Gasteiger partial charge on any atom is -0.302 e. The third-order valence-electron chi connectivity index (χ3n) is 4.18. The van der Waals surface area contributed by atoms with Gasteiger partial charge in [0.05, 0.1) is 0 Å². The monoisotopic (exact) mass is 267 g/mol. The third-order valence-corrected chi connectivity index (χ3v) is 4.18. The topological polar surface area (TPSA) is 3.24 Å². The quantitative estimate of drug-likeness (QED) is 0.405. The molecule has 0 bridgehead atoms. The van der Waals surface area contributed by atoms with E-state index in [1.807, 2.05) is 0 Å². The second-order valence-electron chi connectivity index (χ2n) is 7.96. The van der Waals surface area contributed by atoms with Crippen molar-refractivity contribution >= 4 is 0 Å². The number of unbranched alkanes of at least 4 members (excludes halogenated alkanes) is 4. The molecule has 0 fully saturated rings. The summed E-state index contributed by atoms with van der Waals surface area (Å²) in [7, 11) is 2.23. The molecule has 0 atom stereocenters. The van der Waals surface area contributed by atoms with Crippen molar-refractivity contribution < 1.29 is 0 Å². The summed E-state index contributed by atoms with van der Waals surface area (Å²) in [5.74, 6) is 0. The second-order valence-corrected chi connectivity index (χ2v) is 7.96. The molecule has 0 unspecified atom stereocenters. The van der Waals surface area contributed by atoms with Gasteiger partial charge >= 0.3 is 0 Å². The van der Waals surface area contributed by atoms with Crippen molar-refractivity contribution in [2.75, 3.05) is 13.6 Å². The van der Waals surface area contributed by atoms with Gasteiger partial charge in [-0.2, -0.15) is 0 Å². The minimum absolute atomic E-state index is 0.287. The smallest absolute Gasteiger partial charge is 0.0122 e. The third kappa shape index (κ3) is 9.27. The molecular formula is C18H37N. The van der Waals surface area contributed by atoms with Crippen LogP contribution in [0.1, 0.15) is 80.1 Å². The maximum absolute atomic E-state index is 4.20. The fraction of sp³-hybridized carbons (Fsp3) is 0.889. The molecule has 0 aromatic heterocycles. The molecule has 0 amide bonds. The van der Waals surface area contributed by atoms with Crippen LogP contribution in [0.3, 0.4) is 0 Å². The number of allylic oxidation sites excluding steroid dienone is 1. The molecule has 0 saturated heterocycles. The first-order valence-corrected chi connectivity index (χ1v) is 7.94. The molecule has 0 aliphatic heterocycles. The van der Waals surface area contributed by atoms with E-state index in [2.05, 4.69) is 60.1 Å². The average Bonchev–Trinajstić information content (AvgIpc) is 2.24. The summed E-state index contributed by atoms with van der Waals surface area (Å²) in [5.41, 5.74) is 2.00. The Morgan fingerprint density at radius 3 is 1.79 bits per heavy atom. The molecule has 0 aromatic carbocycles. The van der Waals surface area contributed by atoms with E-state index in [9.17, 15) is 0 Å². The Morgan fingerprint density at radius 1 is 0.842 bits per heavy atom. The van der Waals surface area contributed by atoms with E-state index in [0.717, 1.165) is 0 Å². The zero-order chi connectivity index (χ0) is 15.1. The van der Waals surface area contributed by atoms with Crippen molar-refractivity contribution in [3.05, 3.63) is 12.2 Å². The van der Waals surface area contributed by atoms with Gasteiger partial charge in [0.25, 0.3) is 0 Å². The average molecular weight is 268 g/mol. The van der Waals surface area contributed by atoms with Gasteiger partial charge in [0.1, 0.15) is 0 Å². The van der Waals surface area contributed by atoms with Crippen LogP contribution in [-0.2, 0) is 0 Å². The van der Waals surface area contributed by atoms with Crippen molar-refractivity contribution in [1.82, 2.24) is 4.90 Å². The van der Waals surface area contributed by atoms with Gasteiger partial charge in [-0.05, 0) is 59.0 Å². The van der Waals surface area contributed by atoms with Crippen molar-refractivity contribution in [2.24, 2.45) is 5.41 Å². The summed E-state index contributed by atoms with van der Waals surface area (Å²) in [4.78, 5) is 2.45. The first kappa shape index (κ1) is 18.7. The summed E-state index contributed by atoms with van der Waals surface area (Å²) in [6.45, 7) is 19.1. The van der Waals surface area contributed by atoms with Crippen LogP contribution in [0.25, 0.3) is 0 Å². The minimum atomic E-state index is 0.287. The van der Waals surface area contributed by atoms with Crippen LogP contribution in [-0.4, -0.2) is 24.0 Å². The van der Waals surface area contributed by atoms with Crippen LogP contribution in [0, 0.1) is 5.41 Å². The Kier molecular flexibility index (Phi) is 7.96. The van der Waals surface area contributed by atoms with Crippen molar-refractivity contribution in [2.45, 2.75) is 85.6 Å². The Hall–Kier alpha value is -0.300. The summed E-state index contributed by atoms with van der Waals surface area (Å²) in [5, 5.41) is 0. The molecule has 1 heteroatoms. The van der Waals surface area contributed by atoms with Crippen LogP contribution < -0.4 is 0 Å². The summed E-state index contributed by atoms with van der Waals surface area (Å²) < 4.78 is 0. The number of rotatable bonds is 8. The number of hydrogen-bond donors (Lipinski definition) is 0. The van der Waals surface area contributed by atoms with E-state index in [0.29, 0.717) is 5.54 Å². The highest BCUT2D eigenvalue weighted by Crippen LogP contribution is 2.27. The van der Waals surface area contributed by atoms with E-state index in [1.165, 1.54) is 50.6 Å². The molecule has 114 valence electrons. The lowest BCUT2D eigenvalue weighted by molar-refractivity contribution is 0.172. The molecule has 0 aliphatic carbocycles. The maximum atomic E-state index is 4.20. The SMILES string of the molecule is C=C(CCCCCCCN(C)C(C)(C)C)C(C)(C)C. The van der Waals surface area contributed by atoms with Gasteiger partial charge in [-0.3, -0.25) is 0 Å². The molecule has 0 saturated carbocycles. The van der Waals surface area contributed by atoms with Gasteiger partial charge in [0.2, 0.25) is 0 Å². The summed E-state index contributed by atoms with van der Waals surface area (Å²) >= 11 is 0. The van der Waals surface area contributed by atoms with Crippen molar-refractivity contribution in [1.29, 1.82) is 0 Å². The molecule has 1 nitrogen and oxygen atoms in total. The predicted molar refractivity (Wildman–Crippen MR) is 88.7 cm³/mol. The van der Waals surface area contributed by atoms with Gasteiger partial charge in [-0.15, -0.1) is 0 Å². The van der Waals surface area contributed by atoms with Crippen LogP contribution in [0.15, 0.2) is 12.2 Å². The van der Waals surface area contributed by atoms with Gasteiger partial charge in [-0.25, -0.2) is 0 Å². The first-order chi connectivity index (χ1) is 8.55. The zero-order valence-corrected chi connectivity index (χ0v) is 14.6. The Morgan fingerprint density at radius 2 is 1.32 bits per heavy atom. The summed E-state index contributed by atoms with van der Waals surface area (Å²) in [6.07, 6.45) is 7.93. The molecule has 19 heavy (non-hydrogen) atoms. The molecular weight excluding hydrogens is 230 g/mol. The zero-order valence-electron chi connectivity index (χ0n) is 14.6. The molecule has 0 aliphatic rings. The Bertz CT molecular complexity index is 252. The second kappa shape index (κ2) is 8.09. The van der Waals surface area contributed by atoms with E-state index in [4.69, 9.17) is 0 Å². The molecule has 0 heterocycles. The standard InChI is InChI=1S/C18H37N/c1-16(17(2,3)4)14-12-10-9-11-13-15-19(8)18(5,6)7/h1,9-15H2,2-8H3. The van der Waals surface area contributed by atoms with E-state index in [1.54, 1.807) is 0 Å². The normalized spacial score (nSPS) is 13.1. The number of nitrogens with zero attached hydrogens (tertiary/aromatic N) is 1. The van der Waals surface area contributed by atoms with Crippen molar-refractivity contribution in [3.8, 4) is 0 Å². The van der Waals surface area contributed by atoms with Crippen LogP contribution >= 0.6 is 0 Å². The molecule has 0 radical (unpaired) electrons. The molecule has 0 aromatic rings. The highest BCUT2D eigenvalue weighted by molar-refractivity contribution is 5.04. The summed E-state index contributed by atoms with van der Waals surface area (Å²) in [6, 6.07) is 0. The number of hydrogen-bond acceptors (Lipinski definition) is 1. The molecule has 0 N–H and O–H groups in total. The van der Waals surface area contributed by atoms with Gasteiger partial charge in [0.15, 0.2) is 0 Å². The van der Waals surface area contributed by atoms with Crippen LogP contribution in [0.2, 0.25) is 0 Å². The fourth-order valence-corrected chi connectivity index (χ4v) is 1.93. The van der Waals surface area contributed by atoms with Gasteiger partial charge in [-0.1, -0.05) is 52.2 Å². The lowest BCUT2D eigenvalue weighted by Gasteiger charge is -2.31. The van der Waals surface area contributed by atoms with Crippen LogP contribution in [0.4, 0.5) is 0 Å². The first-order valence-electron chi connectivity index (χ1n) is 7.94. The lowest BCUT2D eigenvalue weighted by atomic mass is 9.84. The van der Waals surface area contributed by atoms with E-state index < -0.39 is 0 Å². The highest BCUT2D eigenvalue weighted by Gasteiger charge is 2.16. The maximum Gasteiger partial charge on any atom is 0.0122 e. The lowest BCUT2D eigenvalue weighted by Crippen LogP contribution is -2.38. The molecule has 0 rings (SSSR count). The van der Waals surface area contributed by atoms with Gasteiger partial charge in [0, 0.05) is 5.54 Å². The van der Waals surface area contributed by atoms with Crippen LogP contribution in [0.5, 0.6) is 0 Å². The highest BCUT2D eigenvalue weighted by atomic mass is 15.1. The van der Waals surface area contributed by atoms with Crippen molar-refractivity contribution in [3.63, 3.8) is 0 Å².